The molecule has 0 aliphatic carbocycles. The van der Waals surface area contributed by atoms with Crippen LogP contribution in [0.1, 0.15) is 32.6 Å². The van der Waals surface area contributed by atoms with Gasteiger partial charge in [0.15, 0.2) is 0 Å². The fourth-order valence-corrected chi connectivity index (χ4v) is 4.06. The van der Waals surface area contributed by atoms with Gasteiger partial charge in [-0.1, -0.05) is 6.92 Å². The maximum atomic E-state index is 9.65. The van der Waals surface area contributed by atoms with Crippen LogP contribution in [-0.2, 0) is 0 Å². The SMILES string of the molecule is CCC12CCC(CC1O)S2. The fraction of sp³-hybridized carbons (Fsp3) is 1.00. The van der Waals surface area contributed by atoms with Gasteiger partial charge in [-0.25, -0.2) is 0 Å². The molecule has 3 unspecified atom stereocenters. The van der Waals surface area contributed by atoms with Gasteiger partial charge in [0.2, 0.25) is 0 Å². The largest absolute Gasteiger partial charge is 0.392 e. The molecule has 3 atom stereocenters. The topological polar surface area (TPSA) is 20.2 Å². The first-order valence-electron chi connectivity index (χ1n) is 4.13. The highest BCUT2D eigenvalue weighted by Gasteiger charge is 2.50. The Bertz CT molecular complexity index is 148. The average molecular weight is 158 g/mol. The van der Waals surface area contributed by atoms with E-state index in [2.05, 4.69) is 6.92 Å². The number of fused-ring (bicyclic) bond motifs is 2. The molecule has 2 heteroatoms. The molecule has 0 aromatic heterocycles. The predicted octanol–water partition coefficient (Wildman–Crippen LogP) is 1.80. The standard InChI is InChI=1S/C8H14OS/c1-2-8-4-3-6(10-8)5-7(8)9/h6-7,9H,2-5H2,1H3. The molecule has 2 bridgehead atoms. The molecule has 0 amide bonds. The van der Waals surface area contributed by atoms with Crippen molar-refractivity contribution >= 4 is 11.8 Å². The highest BCUT2D eigenvalue weighted by molar-refractivity contribution is 8.01. The van der Waals surface area contributed by atoms with E-state index in [1.54, 1.807) is 0 Å². The average Bonchev–Trinajstić information content (AvgIpc) is 2.44. The van der Waals surface area contributed by atoms with Gasteiger partial charge < -0.3 is 5.11 Å². The highest BCUT2D eigenvalue weighted by atomic mass is 32.2. The third kappa shape index (κ3) is 0.751. The molecule has 2 saturated heterocycles. The normalized spacial score (nSPS) is 52.2. The van der Waals surface area contributed by atoms with Crippen molar-refractivity contribution in [2.75, 3.05) is 0 Å². The molecule has 10 heavy (non-hydrogen) atoms. The van der Waals surface area contributed by atoms with E-state index in [0.29, 0.717) is 0 Å². The zero-order valence-corrected chi connectivity index (χ0v) is 7.16. The number of rotatable bonds is 1. The second-order valence-corrected chi connectivity index (χ2v) is 5.16. The van der Waals surface area contributed by atoms with Gasteiger partial charge in [-0.3, -0.25) is 0 Å². The maximum absolute atomic E-state index is 9.65. The molecule has 1 nitrogen and oxygen atoms in total. The van der Waals surface area contributed by atoms with E-state index in [1.807, 2.05) is 11.8 Å². The first-order chi connectivity index (χ1) is 4.77. The van der Waals surface area contributed by atoms with E-state index in [0.717, 1.165) is 18.1 Å². The van der Waals surface area contributed by atoms with Gasteiger partial charge in [0.25, 0.3) is 0 Å². The molecule has 0 saturated carbocycles. The molecule has 2 heterocycles. The van der Waals surface area contributed by atoms with Crippen molar-refractivity contribution in [1.82, 2.24) is 0 Å². The van der Waals surface area contributed by atoms with E-state index < -0.39 is 0 Å². The Morgan fingerprint density at radius 1 is 1.70 bits per heavy atom. The van der Waals surface area contributed by atoms with Crippen molar-refractivity contribution in [2.45, 2.75) is 48.7 Å². The molecular formula is C8H14OS. The zero-order chi connectivity index (χ0) is 7.19. The van der Waals surface area contributed by atoms with Crippen LogP contribution in [0.2, 0.25) is 0 Å². The number of hydrogen-bond donors (Lipinski definition) is 1. The molecule has 0 aromatic rings. The van der Waals surface area contributed by atoms with Crippen molar-refractivity contribution in [3.05, 3.63) is 0 Å². The first-order valence-corrected chi connectivity index (χ1v) is 5.01. The lowest BCUT2D eigenvalue weighted by molar-refractivity contribution is 0.107. The maximum Gasteiger partial charge on any atom is 0.0697 e. The van der Waals surface area contributed by atoms with Gasteiger partial charge >= 0.3 is 0 Å². The minimum atomic E-state index is 0.00116. The van der Waals surface area contributed by atoms with Crippen LogP contribution in [0.25, 0.3) is 0 Å². The predicted molar refractivity (Wildman–Crippen MR) is 44.3 cm³/mol. The number of aliphatic hydroxyl groups excluding tert-OH is 1. The number of thioether (sulfide) groups is 1. The van der Waals surface area contributed by atoms with Gasteiger partial charge in [-0.2, -0.15) is 0 Å². The third-order valence-electron chi connectivity index (χ3n) is 2.98. The molecule has 2 aliphatic heterocycles. The summed E-state index contributed by atoms with van der Waals surface area (Å²) in [6, 6.07) is 0. The summed E-state index contributed by atoms with van der Waals surface area (Å²) in [5.41, 5.74) is 0. The quantitative estimate of drug-likeness (QED) is 0.628. The van der Waals surface area contributed by atoms with Crippen molar-refractivity contribution in [3.63, 3.8) is 0 Å². The summed E-state index contributed by atoms with van der Waals surface area (Å²) in [6.07, 6.45) is 4.80. The lowest BCUT2D eigenvalue weighted by Gasteiger charge is -2.28. The van der Waals surface area contributed by atoms with Crippen molar-refractivity contribution in [1.29, 1.82) is 0 Å². The minimum absolute atomic E-state index is 0.00116. The van der Waals surface area contributed by atoms with Gasteiger partial charge in [0, 0.05) is 10.00 Å². The first kappa shape index (κ1) is 6.99. The van der Waals surface area contributed by atoms with E-state index in [9.17, 15) is 5.11 Å². The Morgan fingerprint density at radius 3 is 2.80 bits per heavy atom. The van der Waals surface area contributed by atoms with Crippen LogP contribution in [0.5, 0.6) is 0 Å². The van der Waals surface area contributed by atoms with Crippen LogP contribution < -0.4 is 0 Å². The summed E-state index contributed by atoms with van der Waals surface area (Å²) in [7, 11) is 0. The molecule has 1 N–H and O–H groups in total. The molecule has 2 rings (SSSR count). The summed E-state index contributed by atoms with van der Waals surface area (Å²) < 4.78 is 0.282. The van der Waals surface area contributed by atoms with Crippen molar-refractivity contribution < 1.29 is 5.11 Å². The van der Waals surface area contributed by atoms with E-state index in [-0.39, 0.29) is 10.9 Å². The number of hydrogen-bond acceptors (Lipinski definition) is 2. The van der Waals surface area contributed by atoms with E-state index in [1.165, 1.54) is 12.8 Å². The Kier molecular flexibility index (Phi) is 1.50. The second kappa shape index (κ2) is 2.15. The van der Waals surface area contributed by atoms with Gasteiger partial charge in [-0.05, 0) is 25.7 Å². The molecular weight excluding hydrogens is 144 g/mol. The highest BCUT2D eigenvalue weighted by Crippen LogP contribution is 2.56. The van der Waals surface area contributed by atoms with E-state index >= 15 is 0 Å². The van der Waals surface area contributed by atoms with Crippen LogP contribution >= 0.6 is 11.8 Å². The Balaban J connectivity index is 2.19. The monoisotopic (exact) mass is 158 g/mol. The Hall–Kier alpha value is 0.310. The van der Waals surface area contributed by atoms with E-state index in [4.69, 9.17) is 0 Å². The minimum Gasteiger partial charge on any atom is -0.392 e. The lowest BCUT2D eigenvalue weighted by atomic mass is 9.85. The van der Waals surface area contributed by atoms with Crippen LogP contribution in [0.4, 0.5) is 0 Å². The number of aliphatic hydroxyl groups is 1. The van der Waals surface area contributed by atoms with Crippen molar-refractivity contribution in [3.8, 4) is 0 Å². The second-order valence-electron chi connectivity index (χ2n) is 3.45. The molecule has 58 valence electrons. The Labute approximate surface area is 66.2 Å². The third-order valence-corrected chi connectivity index (χ3v) is 4.98. The van der Waals surface area contributed by atoms with Crippen molar-refractivity contribution in [2.24, 2.45) is 0 Å². The fourth-order valence-electron chi connectivity index (χ4n) is 2.23. The molecule has 0 radical (unpaired) electrons. The van der Waals surface area contributed by atoms with Crippen LogP contribution in [0.3, 0.4) is 0 Å². The summed E-state index contributed by atoms with van der Waals surface area (Å²) >= 11 is 2.04. The van der Waals surface area contributed by atoms with Gasteiger partial charge in [0.05, 0.1) is 6.10 Å². The lowest BCUT2D eigenvalue weighted by Crippen LogP contribution is -2.34. The molecule has 2 fully saturated rings. The molecule has 2 aliphatic rings. The van der Waals surface area contributed by atoms with Crippen LogP contribution in [-0.4, -0.2) is 21.2 Å². The van der Waals surface area contributed by atoms with Crippen LogP contribution in [0, 0.1) is 0 Å². The Morgan fingerprint density at radius 2 is 2.50 bits per heavy atom. The molecule has 0 spiro atoms. The molecule has 0 aromatic carbocycles. The van der Waals surface area contributed by atoms with Gasteiger partial charge in [-0.15, -0.1) is 11.8 Å². The smallest absolute Gasteiger partial charge is 0.0697 e. The summed E-state index contributed by atoms with van der Waals surface area (Å²) in [6.45, 7) is 2.20. The summed E-state index contributed by atoms with van der Waals surface area (Å²) in [5, 5.41) is 10.4. The van der Waals surface area contributed by atoms with Crippen LogP contribution in [0.15, 0.2) is 0 Å². The summed E-state index contributed by atoms with van der Waals surface area (Å²) in [5.74, 6) is 0. The van der Waals surface area contributed by atoms with Gasteiger partial charge in [0.1, 0.15) is 0 Å². The summed E-state index contributed by atoms with van der Waals surface area (Å²) in [4.78, 5) is 0. The zero-order valence-electron chi connectivity index (χ0n) is 6.34.